The summed E-state index contributed by atoms with van der Waals surface area (Å²) in [6, 6.07) is 8.64. The molecule has 1 aliphatic heterocycles. The van der Waals surface area contributed by atoms with E-state index in [1.807, 2.05) is 24.1 Å². The van der Waals surface area contributed by atoms with E-state index in [0.717, 1.165) is 52.0 Å². The van der Waals surface area contributed by atoms with Crippen LogP contribution in [0.3, 0.4) is 0 Å². The molecule has 1 saturated heterocycles. The van der Waals surface area contributed by atoms with Crippen molar-refractivity contribution in [2.75, 3.05) is 36.4 Å². The molecule has 0 radical (unpaired) electrons. The molecular formula is C27H35N7O2. The predicted molar refractivity (Wildman–Crippen MR) is 142 cm³/mol. The van der Waals surface area contributed by atoms with Gasteiger partial charge in [0.15, 0.2) is 5.82 Å². The van der Waals surface area contributed by atoms with Crippen LogP contribution >= 0.6 is 0 Å². The Balaban J connectivity index is 1.52. The standard InChI is InChI=1S/C27H35N7O2/c1-6-22(7-2)34-25-23(16-28-34)30-27(33-12-10-32(11-13-33)19(5)35)31-26(25)29-18(4)20-8-9-24-21(15-20)14-17(3)36-24/h8-9,14-16,18,22H,6-7,10-13H2,1-5H3,(H,29,30,31). The molecule has 36 heavy (non-hydrogen) atoms. The number of piperazine rings is 1. The molecule has 1 fully saturated rings. The summed E-state index contributed by atoms with van der Waals surface area (Å²) in [5.41, 5.74) is 3.81. The van der Waals surface area contributed by atoms with E-state index in [0.29, 0.717) is 32.1 Å². The molecule has 0 saturated carbocycles. The molecule has 1 N–H and O–H groups in total. The molecule has 190 valence electrons. The van der Waals surface area contributed by atoms with Crippen LogP contribution < -0.4 is 10.2 Å². The first-order valence-electron chi connectivity index (χ1n) is 12.9. The van der Waals surface area contributed by atoms with E-state index in [1.165, 1.54) is 0 Å². The van der Waals surface area contributed by atoms with Crippen LogP contribution in [0, 0.1) is 6.92 Å². The number of anilines is 2. The third-order valence-electron chi connectivity index (χ3n) is 7.25. The Hall–Kier alpha value is -3.62. The number of nitrogens with zero attached hydrogens (tertiary/aromatic N) is 6. The number of aromatic nitrogens is 4. The fourth-order valence-corrected chi connectivity index (χ4v) is 5.08. The Morgan fingerprint density at radius 3 is 2.56 bits per heavy atom. The first kappa shape index (κ1) is 24.1. The maximum Gasteiger partial charge on any atom is 0.228 e. The molecule has 0 bridgehead atoms. The maximum atomic E-state index is 11.8. The summed E-state index contributed by atoms with van der Waals surface area (Å²) in [4.78, 5) is 25.7. The summed E-state index contributed by atoms with van der Waals surface area (Å²) in [7, 11) is 0. The fourth-order valence-electron chi connectivity index (χ4n) is 5.08. The minimum absolute atomic E-state index is 0.00942. The summed E-state index contributed by atoms with van der Waals surface area (Å²) >= 11 is 0. The highest BCUT2D eigenvalue weighted by Gasteiger charge is 2.24. The van der Waals surface area contributed by atoms with Crippen LogP contribution in [0.25, 0.3) is 22.0 Å². The van der Waals surface area contributed by atoms with E-state index < -0.39 is 0 Å². The number of hydrogen-bond acceptors (Lipinski definition) is 7. The summed E-state index contributed by atoms with van der Waals surface area (Å²) < 4.78 is 7.83. The van der Waals surface area contributed by atoms with Gasteiger partial charge in [-0.15, -0.1) is 0 Å². The van der Waals surface area contributed by atoms with Gasteiger partial charge in [-0.3, -0.25) is 9.48 Å². The second kappa shape index (κ2) is 9.79. The van der Waals surface area contributed by atoms with Gasteiger partial charge >= 0.3 is 0 Å². The largest absolute Gasteiger partial charge is 0.461 e. The molecule has 1 aliphatic rings. The van der Waals surface area contributed by atoms with Gasteiger partial charge in [-0.2, -0.15) is 10.1 Å². The van der Waals surface area contributed by atoms with Crippen LogP contribution in [0.1, 0.15) is 63.9 Å². The van der Waals surface area contributed by atoms with Crippen molar-refractivity contribution in [1.29, 1.82) is 0 Å². The number of amides is 1. The van der Waals surface area contributed by atoms with Crippen molar-refractivity contribution < 1.29 is 9.21 Å². The number of fused-ring (bicyclic) bond motifs is 2. The van der Waals surface area contributed by atoms with Crippen LogP contribution in [-0.4, -0.2) is 56.7 Å². The molecule has 1 atom stereocenters. The van der Waals surface area contributed by atoms with Crippen LogP contribution in [-0.2, 0) is 4.79 Å². The second-order valence-electron chi connectivity index (χ2n) is 9.68. The number of aryl methyl sites for hydroxylation is 1. The van der Waals surface area contributed by atoms with Crippen molar-refractivity contribution in [3.63, 3.8) is 0 Å². The van der Waals surface area contributed by atoms with Gasteiger partial charge in [0.2, 0.25) is 11.9 Å². The van der Waals surface area contributed by atoms with Gasteiger partial charge in [-0.05, 0) is 50.5 Å². The fraction of sp³-hybridized carbons (Fsp3) is 0.481. The third-order valence-corrected chi connectivity index (χ3v) is 7.25. The number of benzene rings is 1. The van der Waals surface area contributed by atoms with Crippen molar-refractivity contribution in [1.82, 2.24) is 24.6 Å². The van der Waals surface area contributed by atoms with Crippen LogP contribution in [0.2, 0.25) is 0 Å². The van der Waals surface area contributed by atoms with Gasteiger partial charge in [0, 0.05) is 38.5 Å². The average molecular weight is 490 g/mol. The predicted octanol–water partition coefficient (Wildman–Crippen LogP) is 5.08. The van der Waals surface area contributed by atoms with E-state index in [1.54, 1.807) is 6.92 Å². The number of rotatable bonds is 7. The maximum absolute atomic E-state index is 11.8. The Bertz CT molecular complexity index is 1380. The summed E-state index contributed by atoms with van der Waals surface area (Å²) in [5.74, 6) is 2.47. The molecule has 4 aromatic rings. The number of carbonyl (C=O) groups excluding carboxylic acids is 1. The SMILES string of the molecule is CCC(CC)n1ncc2nc(N3CCN(C(C)=O)CC3)nc(NC(C)c3ccc4oc(C)cc4c3)c21. The van der Waals surface area contributed by atoms with E-state index in [-0.39, 0.29) is 18.0 Å². The number of carbonyl (C=O) groups is 1. The Morgan fingerprint density at radius 2 is 1.86 bits per heavy atom. The average Bonchev–Trinajstić information content (AvgIpc) is 3.47. The molecule has 9 heteroatoms. The minimum Gasteiger partial charge on any atom is -0.461 e. The molecule has 1 unspecified atom stereocenters. The monoisotopic (exact) mass is 489 g/mol. The molecule has 0 spiro atoms. The highest BCUT2D eigenvalue weighted by Crippen LogP contribution is 2.32. The van der Waals surface area contributed by atoms with Crippen molar-refractivity contribution in [3.8, 4) is 0 Å². The second-order valence-corrected chi connectivity index (χ2v) is 9.68. The van der Waals surface area contributed by atoms with Crippen LogP contribution in [0.15, 0.2) is 34.9 Å². The van der Waals surface area contributed by atoms with Gasteiger partial charge in [0.05, 0.1) is 18.3 Å². The van der Waals surface area contributed by atoms with Crippen LogP contribution in [0.4, 0.5) is 11.8 Å². The summed E-state index contributed by atoms with van der Waals surface area (Å²) in [6.07, 6.45) is 3.81. The van der Waals surface area contributed by atoms with Crippen molar-refractivity contribution in [3.05, 3.63) is 41.8 Å². The smallest absolute Gasteiger partial charge is 0.228 e. The number of nitrogens with one attached hydrogen (secondary N) is 1. The molecule has 5 rings (SSSR count). The van der Waals surface area contributed by atoms with E-state index >= 15 is 0 Å². The zero-order chi connectivity index (χ0) is 25.4. The number of furan rings is 1. The molecule has 0 aliphatic carbocycles. The minimum atomic E-state index is 0.00942. The summed E-state index contributed by atoms with van der Waals surface area (Å²) in [6.45, 7) is 12.9. The molecule has 4 heterocycles. The topological polar surface area (TPSA) is 92.3 Å². The van der Waals surface area contributed by atoms with Gasteiger partial charge in [-0.25, -0.2) is 4.98 Å². The third kappa shape index (κ3) is 4.50. The quantitative estimate of drug-likeness (QED) is 0.387. The normalized spacial score (nSPS) is 15.3. The zero-order valence-corrected chi connectivity index (χ0v) is 21.8. The van der Waals surface area contributed by atoms with Gasteiger partial charge in [0.25, 0.3) is 0 Å². The first-order valence-corrected chi connectivity index (χ1v) is 12.9. The molecule has 3 aromatic heterocycles. The Kier molecular flexibility index (Phi) is 6.55. The van der Waals surface area contributed by atoms with Crippen molar-refractivity contribution in [2.24, 2.45) is 0 Å². The lowest BCUT2D eigenvalue weighted by molar-refractivity contribution is -0.129. The molecule has 1 amide bonds. The summed E-state index contributed by atoms with van der Waals surface area (Å²) in [5, 5.41) is 9.50. The van der Waals surface area contributed by atoms with Crippen LogP contribution in [0.5, 0.6) is 0 Å². The molecular weight excluding hydrogens is 454 g/mol. The van der Waals surface area contributed by atoms with Gasteiger partial charge in [0.1, 0.15) is 22.4 Å². The van der Waals surface area contributed by atoms with E-state index in [4.69, 9.17) is 19.5 Å². The zero-order valence-electron chi connectivity index (χ0n) is 21.8. The first-order chi connectivity index (χ1) is 17.4. The van der Waals surface area contributed by atoms with E-state index in [9.17, 15) is 4.79 Å². The van der Waals surface area contributed by atoms with Crippen molar-refractivity contribution in [2.45, 2.75) is 59.5 Å². The van der Waals surface area contributed by atoms with Gasteiger partial charge in [-0.1, -0.05) is 19.9 Å². The Morgan fingerprint density at radius 1 is 1.11 bits per heavy atom. The molecule has 1 aromatic carbocycles. The number of hydrogen-bond donors (Lipinski definition) is 1. The lowest BCUT2D eigenvalue weighted by Gasteiger charge is -2.34. The highest BCUT2D eigenvalue weighted by atomic mass is 16.3. The van der Waals surface area contributed by atoms with Gasteiger partial charge < -0.3 is 19.5 Å². The highest BCUT2D eigenvalue weighted by molar-refractivity contribution is 5.87. The Labute approximate surface area is 211 Å². The van der Waals surface area contributed by atoms with E-state index in [2.05, 4.69) is 53.9 Å². The molecule has 9 nitrogen and oxygen atoms in total. The lowest BCUT2D eigenvalue weighted by atomic mass is 10.1. The lowest BCUT2D eigenvalue weighted by Crippen LogP contribution is -2.48. The van der Waals surface area contributed by atoms with Crippen molar-refractivity contribution >= 4 is 39.7 Å².